The van der Waals surface area contributed by atoms with Crippen LogP contribution in [-0.2, 0) is 20.0 Å². The van der Waals surface area contributed by atoms with E-state index in [1.807, 2.05) is 50.2 Å². The Bertz CT molecular complexity index is 1150. The van der Waals surface area contributed by atoms with Crippen LogP contribution >= 0.6 is 0 Å². The van der Waals surface area contributed by atoms with Crippen molar-refractivity contribution in [2.45, 2.75) is 38.8 Å². The molecule has 4 rings (SSSR count). The van der Waals surface area contributed by atoms with Crippen molar-refractivity contribution in [2.75, 3.05) is 34.4 Å². The smallest absolute Gasteiger partial charge is 0.272 e. The molecule has 7 nitrogen and oxygen atoms in total. The molecule has 1 aliphatic rings. The molecule has 36 heavy (non-hydrogen) atoms. The van der Waals surface area contributed by atoms with E-state index < -0.39 is 0 Å². The van der Waals surface area contributed by atoms with Crippen molar-refractivity contribution in [3.63, 3.8) is 0 Å². The van der Waals surface area contributed by atoms with Crippen LogP contribution < -0.4 is 9.47 Å². The number of rotatable bonds is 9. The number of ether oxygens (including phenoxy) is 2. The van der Waals surface area contributed by atoms with Gasteiger partial charge in [-0.3, -0.25) is 14.4 Å². The number of aryl methyl sites for hydroxylation is 2. The third-order valence-corrected chi connectivity index (χ3v) is 7.39. The molecule has 2 heterocycles. The largest absolute Gasteiger partial charge is 0.497 e. The lowest BCUT2D eigenvalue weighted by Crippen LogP contribution is -2.47. The first-order valence-corrected chi connectivity index (χ1v) is 12.6. The highest BCUT2D eigenvalue weighted by Crippen LogP contribution is 2.30. The van der Waals surface area contributed by atoms with E-state index in [0.717, 1.165) is 61.7 Å². The van der Waals surface area contributed by atoms with E-state index in [-0.39, 0.29) is 11.9 Å². The summed E-state index contributed by atoms with van der Waals surface area (Å²) >= 11 is 0. The summed E-state index contributed by atoms with van der Waals surface area (Å²) in [4.78, 5) is 17.9. The van der Waals surface area contributed by atoms with Crippen molar-refractivity contribution < 1.29 is 14.3 Å². The molecule has 0 aliphatic carbocycles. The first-order valence-electron chi connectivity index (χ1n) is 12.6. The summed E-state index contributed by atoms with van der Waals surface area (Å²) in [6.45, 7) is 4.73. The van der Waals surface area contributed by atoms with Crippen LogP contribution in [-0.4, -0.2) is 65.9 Å². The van der Waals surface area contributed by atoms with Crippen molar-refractivity contribution in [1.82, 2.24) is 19.6 Å². The molecule has 1 aromatic heterocycles. The molecule has 1 fully saturated rings. The van der Waals surface area contributed by atoms with Gasteiger partial charge >= 0.3 is 0 Å². The predicted molar refractivity (Wildman–Crippen MR) is 142 cm³/mol. The fourth-order valence-electron chi connectivity index (χ4n) is 5.34. The number of likely N-dealkylation sites (N-methyl/N-ethyl adjacent to an activating group) is 1. The number of hydrogen-bond acceptors (Lipinski definition) is 5. The maximum Gasteiger partial charge on any atom is 0.272 e. The lowest BCUT2D eigenvalue weighted by Gasteiger charge is -2.40. The molecule has 192 valence electrons. The number of carbonyl (C=O) groups is 1. The highest BCUT2D eigenvalue weighted by atomic mass is 16.5. The van der Waals surface area contributed by atoms with Crippen LogP contribution in [0.15, 0.2) is 54.6 Å². The molecular weight excluding hydrogens is 452 g/mol. The number of methoxy groups -OCH3 is 2. The lowest BCUT2D eigenvalue weighted by atomic mass is 9.84. The summed E-state index contributed by atoms with van der Waals surface area (Å²) in [5, 5.41) is 4.39. The number of benzene rings is 2. The SMILES string of the molecule is COc1ccc(CN2CCC(C(Cc3ccccc3)N(C)C(=O)c3cc(C)nn3C)CC2)c(OC)c1. The minimum Gasteiger partial charge on any atom is -0.497 e. The fraction of sp³-hybridized carbons (Fsp3) is 0.448. The van der Waals surface area contributed by atoms with E-state index in [0.29, 0.717) is 11.6 Å². The van der Waals surface area contributed by atoms with E-state index in [2.05, 4.69) is 40.3 Å². The van der Waals surface area contributed by atoms with Gasteiger partial charge in [-0.25, -0.2) is 0 Å². The van der Waals surface area contributed by atoms with Crippen LogP contribution in [0.5, 0.6) is 11.5 Å². The summed E-state index contributed by atoms with van der Waals surface area (Å²) in [5.41, 5.74) is 3.92. The molecule has 1 unspecified atom stereocenters. The summed E-state index contributed by atoms with van der Waals surface area (Å²) < 4.78 is 12.6. The Kier molecular flexibility index (Phi) is 8.31. The van der Waals surface area contributed by atoms with E-state index in [1.54, 1.807) is 18.9 Å². The van der Waals surface area contributed by atoms with Crippen LogP contribution in [0, 0.1) is 12.8 Å². The molecule has 0 radical (unpaired) electrons. The molecule has 2 aromatic carbocycles. The van der Waals surface area contributed by atoms with Gasteiger partial charge in [-0.05, 0) is 62.9 Å². The quantitative estimate of drug-likeness (QED) is 0.447. The summed E-state index contributed by atoms with van der Waals surface area (Å²) in [7, 11) is 7.16. The molecule has 3 aromatic rings. The highest BCUT2D eigenvalue weighted by Gasteiger charge is 2.33. The van der Waals surface area contributed by atoms with Gasteiger partial charge < -0.3 is 14.4 Å². The van der Waals surface area contributed by atoms with Crippen molar-refractivity contribution in [1.29, 1.82) is 0 Å². The van der Waals surface area contributed by atoms with Gasteiger partial charge in [0.2, 0.25) is 0 Å². The normalized spacial score (nSPS) is 15.5. The second kappa shape index (κ2) is 11.6. The fourth-order valence-corrected chi connectivity index (χ4v) is 5.34. The Morgan fingerprint density at radius 2 is 1.81 bits per heavy atom. The average Bonchev–Trinajstić information content (AvgIpc) is 3.25. The molecule has 0 N–H and O–H groups in total. The minimum atomic E-state index is 0.0319. The van der Waals surface area contributed by atoms with Gasteiger partial charge in [-0.2, -0.15) is 5.10 Å². The molecule has 0 spiro atoms. The summed E-state index contributed by atoms with van der Waals surface area (Å²) in [5.74, 6) is 2.11. The summed E-state index contributed by atoms with van der Waals surface area (Å²) in [6.07, 6.45) is 2.92. The van der Waals surface area contributed by atoms with Crippen LogP contribution in [0.2, 0.25) is 0 Å². The van der Waals surface area contributed by atoms with Crippen molar-refractivity contribution in [3.05, 3.63) is 77.1 Å². The second-order valence-electron chi connectivity index (χ2n) is 9.76. The molecular formula is C29H38N4O3. The van der Waals surface area contributed by atoms with Gasteiger partial charge in [0.1, 0.15) is 17.2 Å². The zero-order chi connectivity index (χ0) is 25.7. The Labute approximate surface area is 214 Å². The van der Waals surface area contributed by atoms with Gasteiger partial charge in [0.25, 0.3) is 5.91 Å². The Morgan fingerprint density at radius 1 is 1.08 bits per heavy atom. The van der Waals surface area contributed by atoms with Crippen LogP contribution in [0.1, 0.15) is 40.2 Å². The zero-order valence-corrected chi connectivity index (χ0v) is 22.1. The maximum atomic E-state index is 13.5. The molecule has 1 atom stereocenters. The van der Waals surface area contributed by atoms with Crippen LogP contribution in [0.25, 0.3) is 0 Å². The number of carbonyl (C=O) groups excluding carboxylic acids is 1. The first-order chi connectivity index (χ1) is 17.4. The number of piperidine rings is 1. The standard InChI is InChI=1S/C29H38N4O3/c1-21-17-27(32(3)30-21)29(34)31(2)26(18-22-9-7-6-8-10-22)23-13-15-33(16-14-23)20-24-11-12-25(35-4)19-28(24)36-5/h6-12,17,19,23,26H,13-16,18,20H2,1-5H3. The molecule has 0 bridgehead atoms. The third-order valence-electron chi connectivity index (χ3n) is 7.39. The van der Waals surface area contributed by atoms with Crippen LogP contribution in [0.3, 0.4) is 0 Å². The van der Waals surface area contributed by atoms with Gasteiger partial charge in [0.05, 0.1) is 19.9 Å². The van der Waals surface area contributed by atoms with Crippen LogP contribution in [0.4, 0.5) is 0 Å². The number of likely N-dealkylation sites (tertiary alicyclic amines) is 1. The Balaban J connectivity index is 1.47. The molecule has 7 heteroatoms. The minimum absolute atomic E-state index is 0.0319. The Hall–Kier alpha value is -3.32. The van der Waals surface area contributed by atoms with Gasteiger partial charge in [0.15, 0.2) is 0 Å². The average molecular weight is 491 g/mol. The zero-order valence-electron chi connectivity index (χ0n) is 22.1. The second-order valence-corrected chi connectivity index (χ2v) is 9.76. The monoisotopic (exact) mass is 490 g/mol. The van der Waals surface area contributed by atoms with Gasteiger partial charge in [-0.15, -0.1) is 0 Å². The van der Waals surface area contributed by atoms with E-state index >= 15 is 0 Å². The number of hydrogen-bond donors (Lipinski definition) is 0. The highest BCUT2D eigenvalue weighted by molar-refractivity contribution is 5.92. The number of aromatic nitrogens is 2. The maximum absolute atomic E-state index is 13.5. The number of nitrogens with zero attached hydrogens (tertiary/aromatic N) is 4. The van der Waals surface area contributed by atoms with E-state index in [9.17, 15) is 4.79 Å². The third kappa shape index (κ3) is 5.90. The predicted octanol–water partition coefficient (Wildman–Crippen LogP) is 4.34. The molecule has 1 amide bonds. The van der Waals surface area contributed by atoms with Gasteiger partial charge in [0, 0.05) is 38.3 Å². The van der Waals surface area contributed by atoms with Crippen molar-refractivity contribution >= 4 is 5.91 Å². The van der Waals surface area contributed by atoms with E-state index in [4.69, 9.17) is 9.47 Å². The molecule has 0 saturated carbocycles. The van der Waals surface area contributed by atoms with Gasteiger partial charge in [-0.1, -0.05) is 36.4 Å². The number of amides is 1. The molecule has 1 saturated heterocycles. The summed E-state index contributed by atoms with van der Waals surface area (Å²) in [6, 6.07) is 18.5. The topological polar surface area (TPSA) is 59.8 Å². The Morgan fingerprint density at radius 3 is 2.42 bits per heavy atom. The van der Waals surface area contributed by atoms with E-state index in [1.165, 1.54) is 5.56 Å². The van der Waals surface area contributed by atoms with Crippen molar-refractivity contribution in [2.24, 2.45) is 13.0 Å². The lowest BCUT2D eigenvalue weighted by molar-refractivity contribution is 0.0574. The van der Waals surface area contributed by atoms with Crippen molar-refractivity contribution in [3.8, 4) is 11.5 Å². The first kappa shape index (κ1) is 25.8. The molecule has 1 aliphatic heterocycles.